The Hall–Kier alpha value is -2.28. The van der Waals surface area contributed by atoms with Crippen molar-refractivity contribution in [2.24, 2.45) is 5.73 Å². The van der Waals surface area contributed by atoms with Crippen molar-refractivity contribution >= 4 is 11.2 Å². The maximum absolute atomic E-state index is 6.24. The molecule has 0 atom stereocenters. The minimum Gasteiger partial charge on any atom is -0.338 e. The first-order valence-electron chi connectivity index (χ1n) is 6.25. The quantitative estimate of drug-likeness (QED) is 0.634. The standard InChI is InChI=1S/C12H13N7/c13-12(2-1-3-12)11-15-5-8(18-11)10-17-7-4-14-6-16-9(7)19-10/h4-6H,1-3,13H2,(H,15,18)(H,14,16,17,19). The van der Waals surface area contributed by atoms with Crippen LogP contribution in [0.15, 0.2) is 18.7 Å². The Morgan fingerprint density at radius 2 is 2.05 bits per heavy atom. The van der Waals surface area contributed by atoms with Gasteiger partial charge in [-0.1, -0.05) is 0 Å². The van der Waals surface area contributed by atoms with Crippen LogP contribution in [0.25, 0.3) is 22.7 Å². The number of nitrogens with zero attached hydrogens (tertiary/aromatic N) is 4. The fraction of sp³-hybridized carbons (Fsp3) is 0.333. The fourth-order valence-corrected chi connectivity index (χ4v) is 2.38. The Balaban J connectivity index is 1.75. The minimum absolute atomic E-state index is 0.288. The predicted octanol–water partition coefficient (Wildman–Crippen LogP) is 1.08. The third-order valence-corrected chi connectivity index (χ3v) is 3.71. The molecule has 4 N–H and O–H groups in total. The van der Waals surface area contributed by atoms with Gasteiger partial charge in [0, 0.05) is 0 Å². The molecule has 3 aromatic rings. The molecule has 1 aliphatic rings. The molecule has 0 saturated heterocycles. The van der Waals surface area contributed by atoms with Gasteiger partial charge in [0.05, 0.1) is 17.9 Å². The third kappa shape index (κ3) is 1.55. The average molecular weight is 255 g/mol. The number of hydrogen-bond acceptors (Lipinski definition) is 5. The lowest BCUT2D eigenvalue weighted by Gasteiger charge is -2.35. The highest BCUT2D eigenvalue weighted by molar-refractivity contribution is 5.73. The summed E-state index contributed by atoms with van der Waals surface area (Å²) in [6.07, 6.45) is 8.05. The molecule has 0 radical (unpaired) electrons. The second kappa shape index (κ2) is 3.61. The lowest BCUT2D eigenvalue weighted by molar-refractivity contribution is 0.240. The van der Waals surface area contributed by atoms with E-state index in [1.807, 2.05) is 0 Å². The maximum Gasteiger partial charge on any atom is 0.181 e. The van der Waals surface area contributed by atoms with Gasteiger partial charge in [-0.2, -0.15) is 0 Å². The number of rotatable bonds is 2. The van der Waals surface area contributed by atoms with E-state index in [4.69, 9.17) is 5.73 Å². The summed E-state index contributed by atoms with van der Waals surface area (Å²) in [6.45, 7) is 0. The summed E-state index contributed by atoms with van der Waals surface area (Å²) in [4.78, 5) is 23.3. The van der Waals surface area contributed by atoms with Crippen LogP contribution in [0, 0.1) is 0 Å². The van der Waals surface area contributed by atoms with Crippen molar-refractivity contribution in [2.75, 3.05) is 0 Å². The summed E-state index contributed by atoms with van der Waals surface area (Å²) in [5.74, 6) is 1.54. The number of nitrogens with two attached hydrogens (primary N) is 1. The van der Waals surface area contributed by atoms with Gasteiger partial charge in [0.1, 0.15) is 23.4 Å². The smallest absolute Gasteiger partial charge is 0.181 e. The number of fused-ring (bicyclic) bond motifs is 1. The zero-order valence-corrected chi connectivity index (χ0v) is 10.2. The number of aromatic amines is 2. The molecule has 0 aromatic carbocycles. The highest BCUT2D eigenvalue weighted by Gasteiger charge is 2.37. The Morgan fingerprint density at radius 3 is 2.79 bits per heavy atom. The number of aromatic nitrogens is 6. The third-order valence-electron chi connectivity index (χ3n) is 3.71. The van der Waals surface area contributed by atoms with E-state index in [1.54, 1.807) is 12.4 Å². The van der Waals surface area contributed by atoms with Crippen molar-refractivity contribution in [2.45, 2.75) is 24.8 Å². The van der Waals surface area contributed by atoms with E-state index in [0.29, 0.717) is 11.5 Å². The SMILES string of the molecule is NC1(c2ncc(-c3nc4ncncc4[nH]3)[nH]2)CCC1. The summed E-state index contributed by atoms with van der Waals surface area (Å²) in [5, 5.41) is 0. The summed E-state index contributed by atoms with van der Waals surface area (Å²) < 4.78 is 0. The Kier molecular flexibility index (Phi) is 2.02. The second-order valence-electron chi connectivity index (χ2n) is 5.00. The zero-order chi connectivity index (χ0) is 12.9. The van der Waals surface area contributed by atoms with E-state index >= 15 is 0 Å². The molecule has 1 saturated carbocycles. The molecule has 3 aromatic heterocycles. The minimum atomic E-state index is -0.288. The topological polar surface area (TPSA) is 109 Å². The van der Waals surface area contributed by atoms with Gasteiger partial charge in [-0.25, -0.2) is 19.9 Å². The first kappa shape index (κ1) is 10.6. The van der Waals surface area contributed by atoms with Crippen molar-refractivity contribution < 1.29 is 0 Å². The molecule has 19 heavy (non-hydrogen) atoms. The van der Waals surface area contributed by atoms with Gasteiger partial charge in [-0.05, 0) is 19.3 Å². The van der Waals surface area contributed by atoms with E-state index in [9.17, 15) is 0 Å². The van der Waals surface area contributed by atoms with Crippen LogP contribution in [0.2, 0.25) is 0 Å². The predicted molar refractivity (Wildman–Crippen MR) is 69.0 cm³/mol. The largest absolute Gasteiger partial charge is 0.338 e. The van der Waals surface area contributed by atoms with E-state index in [-0.39, 0.29) is 5.54 Å². The lowest BCUT2D eigenvalue weighted by atomic mass is 9.77. The molecular formula is C12H13N7. The van der Waals surface area contributed by atoms with Gasteiger partial charge in [0.25, 0.3) is 0 Å². The van der Waals surface area contributed by atoms with Crippen LogP contribution in [0.1, 0.15) is 25.1 Å². The van der Waals surface area contributed by atoms with Crippen LogP contribution in [0.5, 0.6) is 0 Å². The van der Waals surface area contributed by atoms with E-state index in [1.165, 1.54) is 6.33 Å². The molecular weight excluding hydrogens is 242 g/mol. The highest BCUT2D eigenvalue weighted by atomic mass is 15.1. The van der Waals surface area contributed by atoms with Crippen molar-refractivity contribution in [3.63, 3.8) is 0 Å². The van der Waals surface area contributed by atoms with Crippen LogP contribution >= 0.6 is 0 Å². The Morgan fingerprint density at radius 1 is 1.16 bits per heavy atom. The molecule has 0 amide bonds. The molecule has 1 fully saturated rings. The molecule has 1 aliphatic carbocycles. The fourth-order valence-electron chi connectivity index (χ4n) is 2.38. The molecule has 96 valence electrons. The van der Waals surface area contributed by atoms with Gasteiger partial charge in [0.15, 0.2) is 11.5 Å². The Bertz CT molecular complexity index is 704. The first-order valence-corrected chi connectivity index (χ1v) is 6.25. The van der Waals surface area contributed by atoms with Crippen LogP contribution < -0.4 is 5.73 Å². The number of hydrogen-bond donors (Lipinski definition) is 3. The summed E-state index contributed by atoms with van der Waals surface area (Å²) in [6, 6.07) is 0. The molecule has 0 unspecified atom stereocenters. The average Bonchev–Trinajstić information content (AvgIpc) is 3.02. The lowest BCUT2D eigenvalue weighted by Crippen LogP contribution is -2.44. The van der Waals surface area contributed by atoms with Crippen LogP contribution in [-0.2, 0) is 5.54 Å². The molecule has 3 heterocycles. The van der Waals surface area contributed by atoms with Crippen molar-refractivity contribution in [3.05, 3.63) is 24.5 Å². The van der Waals surface area contributed by atoms with Crippen molar-refractivity contribution in [1.82, 2.24) is 29.9 Å². The summed E-state index contributed by atoms with van der Waals surface area (Å²) in [7, 11) is 0. The summed E-state index contributed by atoms with van der Waals surface area (Å²) >= 11 is 0. The highest BCUT2D eigenvalue weighted by Crippen LogP contribution is 2.37. The van der Waals surface area contributed by atoms with Gasteiger partial charge in [-0.3, -0.25) is 0 Å². The Labute approximate surface area is 108 Å². The molecule has 4 rings (SSSR count). The number of nitrogens with one attached hydrogen (secondary N) is 2. The second-order valence-corrected chi connectivity index (χ2v) is 5.00. The first-order chi connectivity index (χ1) is 9.24. The van der Waals surface area contributed by atoms with Crippen molar-refractivity contribution in [1.29, 1.82) is 0 Å². The maximum atomic E-state index is 6.24. The van der Waals surface area contributed by atoms with Gasteiger partial charge in [0.2, 0.25) is 0 Å². The molecule has 0 bridgehead atoms. The van der Waals surface area contributed by atoms with Crippen LogP contribution in [-0.4, -0.2) is 29.9 Å². The van der Waals surface area contributed by atoms with Crippen LogP contribution in [0.4, 0.5) is 0 Å². The molecule has 7 heteroatoms. The van der Waals surface area contributed by atoms with E-state index < -0.39 is 0 Å². The normalized spacial score (nSPS) is 17.5. The molecule has 7 nitrogen and oxygen atoms in total. The number of H-pyrrole nitrogens is 2. The summed E-state index contributed by atoms with van der Waals surface area (Å²) in [5.41, 5.74) is 8.23. The molecule has 0 aliphatic heterocycles. The monoisotopic (exact) mass is 255 g/mol. The van der Waals surface area contributed by atoms with Gasteiger partial charge < -0.3 is 15.7 Å². The van der Waals surface area contributed by atoms with E-state index in [0.717, 1.165) is 36.3 Å². The zero-order valence-electron chi connectivity index (χ0n) is 10.2. The van der Waals surface area contributed by atoms with Crippen molar-refractivity contribution in [3.8, 4) is 11.5 Å². The van der Waals surface area contributed by atoms with E-state index in [2.05, 4.69) is 29.9 Å². The van der Waals surface area contributed by atoms with Crippen LogP contribution in [0.3, 0.4) is 0 Å². The van der Waals surface area contributed by atoms with Gasteiger partial charge >= 0.3 is 0 Å². The molecule has 0 spiro atoms. The number of imidazole rings is 2. The van der Waals surface area contributed by atoms with Gasteiger partial charge in [-0.15, -0.1) is 0 Å².